The van der Waals surface area contributed by atoms with Gasteiger partial charge >= 0.3 is 0 Å². The monoisotopic (exact) mass is 405 g/mol. The first-order chi connectivity index (χ1) is 14.5. The van der Waals surface area contributed by atoms with Gasteiger partial charge < -0.3 is 15.1 Å². The van der Waals surface area contributed by atoms with Crippen LogP contribution in [0.2, 0.25) is 0 Å². The molecule has 0 fully saturated rings. The van der Waals surface area contributed by atoms with Crippen molar-refractivity contribution in [3.05, 3.63) is 77.4 Å². The quantitative estimate of drug-likeness (QED) is 0.703. The average Bonchev–Trinajstić information content (AvgIpc) is 2.87. The largest absolute Gasteiger partial charge is 0.369 e. The topological polar surface area (TPSA) is 61.4 Å². The first-order valence-electron chi connectivity index (χ1n) is 9.91. The van der Waals surface area contributed by atoms with Crippen molar-refractivity contribution in [1.82, 2.24) is 9.97 Å². The first kappa shape index (κ1) is 19.8. The van der Waals surface area contributed by atoms with E-state index in [1.807, 2.05) is 43.1 Å². The molecule has 4 rings (SSSR count). The highest BCUT2D eigenvalue weighted by atomic mass is 19.1. The molecule has 1 aliphatic rings. The lowest BCUT2D eigenvalue weighted by molar-refractivity contribution is -0.117. The van der Waals surface area contributed by atoms with E-state index in [9.17, 15) is 9.18 Å². The van der Waals surface area contributed by atoms with Gasteiger partial charge in [-0.3, -0.25) is 4.79 Å². The number of aromatic nitrogens is 2. The van der Waals surface area contributed by atoms with Crippen molar-refractivity contribution in [3.63, 3.8) is 0 Å². The lowest BCUT2D eigenvalue weighted by Gasteiger charge is -2.21. The number of anilines is 3. The SMILES string of the molecule is Cc1ccc(N2Cc3c(NCCc4ccc(F)cc4)ncnc3N(C)CC2=O)cc1. The molecular weight excluding hydrogens is 381 g/mol. The molecule has 0 saturated carbocycles. The van der Waals surface area contributed by atoms with Gasteiger partial charge in [0, 0.05) is 19.3 Å². The summed E-state index contributed by atoms with van der Waals surface area (Å²) in [6.45, 7) is 3.29. The second kappa shape index (κ2) is 8.49. The van der Waals surface area contributed by atoms with E-state index in [1.165, 1.54) is 18.5 Å². The average molecular weight is 405 g/mol. The highest BCUT2D eigenvalue weighted by Crippen LogP contribution is 2.30. The van der Waals surface area contributed by atoms with E-state index >= 15 is 0 Å². The van der Waals surface area contributed by atoms with Crippen molar-refractivity contribution in [2.24, 2.45) is 0 Å². The third-order valence-corrected chi connectivity index (χ3v) is 5.24. The molecule has 0 radical (unpaired) electrons. The van der Waals surface area contributed by atoms with Crippen molar-refractivity contribution >= 4 is 23.2 Å². The van der Waals surface area contributed by atoms with Gasteiger partial charge in [0.25, 0.3) is 0 Å². The Bertz CT molecular complexity index is 1040. The normalized spacial score (nSPS) is 13.8. The number of nitrogens with zero attached hydrogens (tertiary/aromatic N) is 4. The lowest BCUT2D eigenvalue weighted by Crippen LogP contribution is -2.35. The van der Waals surface area contributed by atoms with Crippen LogP contribution in [0.1, 0.15) is 16.7 Å². The number of carbonyl (C=O) groups is 1. The zero-order chi connectivity index (χ0) is 21.1. The van der Waals surface area contributed by atoms with Gasteiger partial charge in [0.05, 0.1) is 18.7 Å². The minimum atomic E-state index is -0.239. The number of aryl methyl sites for hydroxylation is 1. The molecule has 3 aromatic rings. The zero-order valence-electron chi connectivity index (χ0n) is 17.1. The van der Waals surface area contributed by atoms with Crippen molar-refractivity contribution in [1.29, 1.82) is 0 Å². The van der Waals surface area contributed by atoms with E-state index in [2.05, 4.69) is 15.3 Å². The molecule has 7 heteroatoms. The molecule has 0 atom stereocenters. The molecule has 154 valence electrons. The molecule has 0 bridgehead atoms. The second-order valence-corrected chi connectivity index (χ2v) is 7.50. The summed E-state index contributed by atoms with van der Waals surface area (Å²) in [5.74, 6) is 1.23. The fourth-order valence-electron chi connectivity index (χ4n) is 3.58. The second-order valence-electron chi connectivity index (χ2n) is 7.50. The van der Waals surface area contributed by atoms with Crippen molar-refractivity contribution in [3.8, 4) is 0 Å². The molecule has 1 aromatic heterocycles. The molecular formula is C23H24FN5O. The number of benzene rings is 2. The predicted molar refractivity (Wildman–Crippen MR) is 116 cm³/mol. The van der Waals surface area contributed by atoms with Crippen LogP contribution in [0.25, 0.3) is 0 Å². The summed E-state index contributed by atoms with van der Waals surface area (Å²) >= 11 is 0. The summed E-state index contributed by atoms with van der Waals surface area (Å²) in [7, 11) is 1.87. The lowest BCUT2D eigenvalue weighted by atomic mass is 10.1. The van der Waals surface area contributed by atoms with Crippen molar-refractivity contribution in [2.75, 3.05) is 35.3 Å². The van der Waals surface area contributed by atoms with Gasteiger partial charge in [-0.2, -0.15) is 0 Å². The van der Waals surface area contributed by atoms with Gasteiger partial charge in [0.15, 0.2) is 0 Å². The van der Waals surface area contributed by atoms with Crippen LogP contribution in [0.5, 0.6) is 0 Å². The van der Waals surface area contributed by atoms with Gasteiger partial charge in [-0.25, -0.2) is 14.4 Å². The van der Waals surface area contributed by atoms with Crippen LogP contribution >= 0.6 is 0 Å². The Morgan fingerprint density at radius 2 is 1.77 bits per heavy atom. The van der Waals surface area contributed by atoms with Gasteiger partial charge in [0.1, 0.15) is 23.8 Å². The number of halogens is 1. The predicted octanol–water partition coefficient (Wildman–Crippen LogP) is 3.56. The molecule has 1 N–H and O–H groups in total. The molecule has 0 aliphatic carbocycles. The fraction of sp³-hybridized carbons (Fsp3) is 0.261. The van der Waals surface area contributed by atoms with E-state index < -0.39 is 0 Å². The Morgan fingerprint density at radius 1 is 1.03 bits per heavy atom. The molecule has 1 aliphatic heterocycles. The number of fused-ring (bicyclic) bond motifs is 1. The minimum absolute atomic E-state index is 0.0108. The smallest absolute Gasteiger partial charge is 0.246 e. The molecule has 0 unspecified atom stereocenters. The van der Waals surface area contributed by atoms with Crippen LogP contribution in [-0.4, -0.2) is 36.0 Å². The Labute approximate surface area is 175 Å². The number of amides is 1. The van der Waals surface area contributed by atoms with Crippen LogP contribution in [0, 0.1) is 12.7 Å². The number of nitrogens with one attached hydrogen (secondary N) is 1. The maximum absolute atomic E-state index is 13.1. The van der Waals surface area contributed by atoms with Crippen LogP contribution in [0.15, 0.2) is 54.9 Å². The van der Waals surface area contributed by atoms with Gasteiger partial charge in [0.2, 0.25) is 5.91 Å². The molecule has 0 saturated heterocycles. The van der Waals surface area contributed by atoms with Gasteiger partial charge in [-0.05, 0) is 43.2 Å². The Balaban J connectivity index is 1.57. The summed E-state index contributed by atoms with van der Waals surface area (Å²) < 4.78 is 13.1. The minimum Gasteiger partial charge on any atom is -0.369 e. The molecule has 0 spiro atoms. The van der Waals surface area contributed by atoms with Crippen molar-refractivity contribution in [2.45, 2.75) is 19.9 Å². The zero-order valence-corrected chi connectivity index (χ0v) is 17.1. The van der Waals surface area contributed by atoms with E-state index in [0.29, 0.717) is 18.9 Å². The van der Waals surface area contributed by atoms with Crippen LogP contribution in [-0.2, 0) is 17.8 Å². The van der Waals surface area contributed by atoms with Crippen LogP contribution < -0.4 is 15.1 Å². The Hall–Kier alpha value is -3.48. The third-order valence-electron chi connectivity index (χ3n) is 5.24. The van der Waals surface area contributed by atoms with E-state index in [1.54, 1.807) is 17.0 Å². The summed E-state index contributed by atoms with van der Waals surface area (Å²) in [4.78, 5) is 25.4. The third kappa shape index (κ3) is 4.25. The summed E-state index contributed by atoms with van der Waals surface area (Å²) in [6.07, 6.45) is 2.25. The van der Waals surface area contributed by atoms with E-state index in [-0.39, 0.29) is 18.3 Å². The summed E-state index contributed by atoms with van der Waals surface area (Å²) in [6, 6.07) is 14.4. The fourth-order valence-corrected chi connectivity index (χ4v) is 3.58. The molecule has 6 nitrogen and oxygen atoms in total. The number of hydrogen-bond donors (Lipinski definition) is 1. The highest BCUT2D eigenvalue weighted by molar-refractivity contribution is 5.97. The summed E-state index contributed by atoms with van der Waals surface area (Å²) in [5.41, 5.74) is 3.92. The van der Waals surface area contributed by atoms with Crippen molar-refractivity contribution < 1.29 is 9.18 Å². The van der Waals surface area contributed by atoms with Gasteiger partial charge in [-0.1, -0.05) is 29.8 Å². The standard InChI is InChI=1S/C23H24FN5O/c1-16-3-9-19(10-4-16)29-13-20-22(25-12-11-17-5-7-18(24)8-6-17)26-15-27-23(20)28(2)14-21(29)30/h3-10,15H,11-14H2,1-2H3,(H,25,26,27). The Kier molecular flexibility index (Phi) is 5.61. The Morgan fingerprint density at radius 3 is 2.50 bits per heavy atom. The molecule has 2 heterocycles. The van der Waals surface area contributed by atoms with Crippen LogP contribution in [0.4, 0.5) is 21.7 Å². The number of likely N-dealkylation sites (N-methyl/N-ethyl adjacent to an activating group) is 1. The maximum atomic E-state index is 13.1. The molecule has 30 heavy (non-hydrogen) atoms. The maximum Gasteiger partial charge on any atom is 0.246 e. The first-order valence-corrected chi connectivity index (χ1v) is 9.91. The number of hydrogen-bond acceptors (Lipinski definition) is 5. The number of carbonyl (C=O) groups excluding carboxylic acids is 1. The number of rotatable bonds is 5. The van der Waals surface area contributed by atoms with Crippen LogP contribution in [0.3, 0.4) is 0 Å². The van der Waals surface area contributed by atoms with E-state index in [0.717, 1.165) is 34.6 Å². The van der Waals surface area contributed by atoms with Gasteiger partial charge in [-0.15, -0.1) is 0 Å². The van der Waals surface area contributed by atoms with E-state index in [4.69, 9.17) is 0 Å². The highest BCUT2D eigenvalue weighted by Gasteiger charge is 2.27. The molecule has 1 amide bonds. The summed E-state index contributed by atoms with van der Waals surface area (Å²) in [5, 5.41) is 3.37. The molecule has 2 aromatic carbocycles.